The highest BCUT2D eigenvalue weighted by Gasteiger charge is 2.18. The maximum Gasteiger partial charge on any atom is 0.337 e. The molecule has 2 N–H and O–H groups in total. The van der Waals surface area contributed by atoms with Crippen LogP contribution in [0.1, 0.15) is 23.2 Å². The number of carbonyl (C=O) groups is 1. The van der Waals surface area contributed by atoms with Gasteiger partial charge in [-0.15, -0.1) is 0 Å². The molecule has 0 aliphatic carbocycles. The molecule has 4 nitrogen and oxygen atoms in total. The Morgan fingerprint density at radius 1 is 1.32 bits per heavy atom. The summed E-state index contributed by atoms with van der Waals surface area (Å²) >= 11 is 0. The highest BCUT2D eigenvalue weighted by Crippen LogP contribution is 2.24. The lowest BCUT2D eigenvalue weighted by Gasteiger charge is -2.23. The van der Waals surface area contributed by atoms with Gasteiger partial charge >= 0.3 is 5.97 Å². The fourth-order valence-corrected chi connectivity index (χ4v) is 2.91. The smallest absolute Gasteiger partial charge is 0.337 e. The van der Waals surface area contributed by atoms with E-state index in [9.17, 15) is 9.90 Å². The molecule has 0 amide bonds. The molecule has 2 heterocycles. The minimum absolute atomic E-state index is 0.407. The van der Waals surface area contributed by atoms with Crippen LogP contribution in [-0.4, -0.2) is 28.7 Å². The Morgan fingerprint density at radius 3 is 2.79 bits per heavy atom. The summed E-state index contributed by atoms with van der Waals surface area (Å²) in [4.78, 5) is 11.3. The van der Waals surface area contributed by atoms with E-state index < -0.39 is 5.97 Å². The van der Waals surface area contributed by atoms with Gasteiger partial charge in [-0.3, -0.25) is 0 Å². The van der Waals surface area contributed by atoms with Gasteiger partial charge < -0.3 is 15.0 Å². The number of para-hydroxylation sites is 1. The average molecular weight is 258 g/mol. The lowest BCUT2D eigenvalue weighted by atomic mass is 9.98. The molecule has 1 aliphatic rings. The first-order valence-electron chi connectivity index (χ1n) is 6.77. The first-order valence-corrected chi connectivity index (χ1v) is 6.77. The fraction of sp³-hybridized carbons (Fsp3) is 0.400. The van der Waals surface area contributed by atoms with Crippen molar-refractivity contribution in [2.24, 2.45) is 5.92 Å². The summed E-state index contributed by atoms with van der Waals surface area (Å²) in [5, 5.41) is 13.5. The number of benzene rings is 1. The molecular formula is C15H18N2O2. The number of aromatic nitrogens is 1. The molecular weight excluding hydrogens is 240 g/mol. The summed E-state index contributed by atoms with van der Waals surface area (Å²) in [6.45, 7) is 3.04. The van der Waals surface area contributed by atoms with E-state index in [1.165, 1.54) is 0 Å². The van der Waals surface area contributed by atoms with Crippen LogP contribution in [0.4, 0.5) is 0 Å². The first-order chi connectivity index (χ1) is 9.25. The van der Waals surface area contributed by atoms with Crippen molar-refractivity contribution in [2.45, 2.75) is 19.4 Å². The Bertz CT molecular complexity index is 597. The number of nitrogens with one attached hydrogen (secondary N) is 1. The number of rotatable bonds is 3. The SMILES string of the molecule is O=C(O)c1cn(CC2CCNCC2)c2ccccc12. The monoisotopic (exact) mass is 258 g/mol. The maximum atomic E-state index is 11.3. The number of aromatic carboxylic acids is 1. The van der Waals surface area contributed by atoms with E-state index in [2.05, 4.69) is 9.88 Å². The van der Waals surface area contributed by atoms with E-state index in [1.807, 2.05) is 24.3 Å². The van der Waals surface area contributed by atoms with Gasteiger partial charge in [0.2, 0.25) is 0 Å². The number of hydrogen-bond donors (Lipinski definition) is 2. The Balaban J connectivity index is 1.96. The van der Waals surface area contributed by atoms with Crippen LogP contribution in [0.5, 0.6) is 0 Å². The van der Waals surface area contributed by atoms with Crippen molar-refractivity contribution in [1.82, 2.24) is 9.88 Å². The Hall–Kier alpha value is -1.81. The number of piperidine rings is 1. The minimum atomic E-state index is -0.847. The van der Waals surface area contributed by atoms with Crippen LogP contribution in [0, 0.1) is 5.92 Å². The van der Waals surface area contributed by atoms with E-state index in [0.29, 0.717) is 11.5 Å². The number of nitrogens with zero attached hydrogens (tertiary/aromatic N) is 1. The largest absolute Gasteiger partial charge is 0.478 e. The summed E-state index contributed by atoms with van der Waals surface area (Å²) in [5.41, 5.74) is 1.43. The van der Waals surface area contributed by atoms with Crippen molar-refractivity contribution in [3.8, 4) is 0 Å². The molecule has 0 saturated carbocycles. The van der Waals surface area contributed by atoms with Gasteiger partial charge in [-0.2, -0.15) is 0 Å². The minimum Gasteiger partial charge on any atom is -0.478 e. The quantitative estimate of drug-likeness (QED) is 0.888. The lowest BCUT2D eigenvalue weighted by molar-refractivity contribution is 0.0698. The standard InChI is InChI=1S/C15H18N2O2/c18-15(19)13-10-17(9-11-5-7-16-8-6-11)14-4-2-1-3-12(13)14/h1-4,10-11,16H,5-9H2,(H,18,19). The van der Waals surface area contributed by atoms with E-state index in [1.54, 1.807) is 6.20 Å². The van der Waals surface area contributed by atoms with Gasteiger partial charge in [-0.1, -0.05) is 18.2 Å². The van der Waals surface area contributed by atoms with Crippen LogP contribution >= 0.6 is 0 Å². The van der Waals surface area contributed by atoms with Crippen LogP contribution in [0.25, 0.3) is 10.9 Å². The highest BCUT2D eigenvalue weighted by molar-refractivity contribution is 6.03. The van der Waals surface area contributed by atoms with Crippen molar-refractivity contribution in [3.05, 3.63) is 36.0 Å². The summed E-state index contributed by atoms with van der Waals surface area (Å²) in [5.74, 6) is -0.209. The van der Waals surface area contributed by atoms with E-state index in [4.69, 9.17) is 0 Å². The molecule has 0 atom stereocenters. The number of carboxylic acid groups (broad SMARTS) is 1. The number of carboxylic acids is 1. The predicted octanol–water partition coefficient (Wildman–Crippen LogP) is 2.34. The Labute approximate surface area is 112 Å². The van der Waals surface area contributed by atoms with Crippen molar-refractivity contribution < 1.29 is 9.90 Å². The molecule has 1 aliphatic heterocycles. The molecule has 4 heteroatoms. The molecule has 1 saturated heterocycles. The zero-order valence-electron chi connectivity index (χ0n) is 10.8. The molecule has 1 aromatic heterocycles. The second kappa shape index (κ2) is 5.05. The molecule has 19 heavy (non-hydrogen) atoms. The maximum absolute atomic E-state index is 11.3. The van der Waals surface area contributed by atoms with Crippen molar-refractivity contribution in [3.63, 3.8) is 0 Å². The second-order valence-electron chi connectivity index (χ2n) is 5.21. The molecule has 2 aromatic rings. The van der Waals surface area contributed by atoms with Crippen LogP contribution in [0.2, 0.25) is 0 Å². The summed E-state index contributed by atoms with van der Waals surface area (Å²) < 4.78 is 2.11. The Kier molecular flexibility index (Phi) is 3.25. The van der Waals surface area contributed by atoms with Gasteiger partial charge in [0.1, 0.15) is 0 Å². The van der Waals surface area contributed by atoms with Crippen molar-refractivity contribution >= 4 is 16.9 Å². The topological polar surface area (TPSA) is 54.3 Å². The van der Waals surface area contributed by atoms with Crippen LogP contribution in [0.3, 0.4) is 0 Å². The Morgan fingerprint density at radius 2 is 2.05 bits per heavy atom. The molecule has 0 spiro atoms. The van der Waals surface area contributed by atoms with Gasteiger partial charge in [-0.05, 0) is 37.9 Å². The predicted molar refractivity (Wildman–Crippen MR) is 74.5 cm³/mol. The fourth-order valence-electron chi connectivity index (χ4n) is 2.91. The van der Waals surface area contributed by atoms with Crippen LogP contribution in [-0.2, 0) is 6.54 Å². The van der Waals surface area contributed by atoms with Crippen molar-refractivity contribution in [2.75, 3.05) is 13.1 Å². The molecule has 0 bridgehead atoms. The zero-order chi connectivity index (χ0) is 13.2. The number of hydrogen-bond acceptors (Lipinski definition) is 2. The molecule has 3 rings (SSSR count). The van der Waals surface area contributed by atoms with Crippen LogP contribution in [0.15, 0.2) is 30.5 Å². The zero-order valence-corrected chi connectivity index (χ0v) is 10.8. The summed E-state index contributed by atoms with van der Waals surface area (Å²) in [7, 11) is 0. The van der Waals surface area contributed by atoms with Crippen LogP contribution < -0.4 is 5.32 Å². The molecule has 1 aromatic carbocycles. The van der Waals surface area contributed by atoms with E-state index >= 15 is 0 Å². The van der Waals surface area contributed by atoms with Crippen molar-refractivity contribution in [1.29, 1.82) is 0 Å². The lowest BCUT2D eigenvalue weighted by Crippen LogP contribution is -2.29. The number of fused-ring (bicyclic) bond motifs is 1. The molecule has 1 fully saturated rings. The second-order valence-corrected chi connectivity index (χ2v) is 5.21. The third-order valence-corrected chi connectivity index (χ3v) is 3.93. The third kappa shape index (κ3) is 2.36. The van der Waals surface area contributed by atoms with E-state index in [0.717, 1.165) is 43.4 Å². The van der Waals surface area contributed by atoms with Gasteiger partial charge in [0.15, 0.2) is 0 Å². The summed E-state index contributed by atoms with van der Waals surface area (Å²) in [6, 6.07) is 7.75. The molecule has 0 radical (unpaired) electrons. The first kappa shape index (κ1) is 12.2. The van der Waals surface area contributed by atoms with Gasteiger partial charge in [0.05, 0.1) is 5.56 Å². The van der Waals surface area contributed by atoms with Gasteiger partial charge in [-0.25, -0.2) is 4.79 Å². The van der Waals surface area contributed by atoms with Gasteiger partial charge in [0.25, 0.3) is 0 Å². The summed E-state index contributed by atoms with van der Waals surface area (Å²) in [6.07, 6.45) is 4.11. The van der Waals surface area contributed by atoms with Gasteiger partial charge in [0, 0.05) is 23.6 Å². The molecule has 100 valence electrons. The van der Waals surface area contributed by atoms with E-state index in [-0.39, 0.29) is 0 Å². The third-order valence-electron chi connectivity index (χ3n) is 3.93. The average Bonchev–Trinajstić information content (AvgIpc) is 2.79. The molecule has 0 unspecified atom stereocenters. The highest BCUT2D eigenvalue weighted by atomic mass is 16.4. The normalized spacial score (nSPS) is 16.8.